The van der Waals surface area contributed by atoms with Crippen molar-refractivity contribution in [3.63, 3.8) is 0 Å². The van der Waals surface area contributed by atoms with Gasteiger partial charge in [-0.3, -0.25) is 4.79 Å². The Morgan fingerprint density at radius 1 is 1.55 bits per heavy atom. The van der Waals surface area contributed by atoms with Crippen molar-refractivity contribution < 1.29 is 9.53 Å². The first-order valence-corrected chi connectivity index (χ1v) is 8.40. The van der Waals surface area contributed by atoms with Gasteiger partial charge < -0.3 is 10.1 Å². The van der Waals surface area contributed by atoms with Crippen molar-refractivity contribution in [2.45, 2.75) is 25.2 Å². The third kappa shape index (κ3) is 6.79. The van der Waals surface area contributed by atoms with E-state index < -0.39 is 6.10 Å². The largest absolute Gasteiger partial charge is 0.368 e. The molecule has 0 aliphatic rings. The molecule has 0 heterocycles. The average molecular weight is 318 g/mol. The molecule has 0 bridgehead atoms. The van der Waals surface area contributed by atoms with Crippen LogP contribution < -0.4 is 5.32 Å². The highest BCUT2D eigenvalue weighted by molar-refractivity contribution is 7.98. The predicted octanol–water partition coefficient (Wildman–Crippen LogP) is 2.89. The lowest BCUT2D eigenvalue weighted by atomic mass is 10.1. The van der Waals surface area contributed by atoms with Gasteiger partial charge in [-0.25, -0.2) is 0 Å². The fraction of sp³-hybridized carbons (Fsp3) is 0.412. The molecular formula is C17H22N2O2S. The first-order valence-electron chi connectivity index (χ1n) is 7.25. The Morgan fingerprint density at radius 2 is 2.32 bits per heavy atom. The number of hydrogen-bond acceptors (Lipinski definition) is 4. The smallest absolute Gasteiger partial charge is 0.248 e. The van der Waals surface area contributed by atoms with Crippen molar-refractivity contribution in [1.82, 2.24) is 5.32 Å². The van der Waals surface area contributed by atoms with E-state index in [2.05, 4.69) is 18.0 Å². The molecule has 1 N–H and O–H groups in total. The van der Waals surface area contributed by atoms with Crippen LogP contribution in [-0.4, -0.2) is 30.9 Å². The van der Waals surface area contributed by atoms with Crippen LogP contribution in [0, 0.1) is 11.3 Å². The average Bonchev–Trinajstić information content (AvgIpc) is 2.54. The van der Waals surface area contributed by atoms with Crippen molar-refractivity contribution in [2.75, 3.05) is 18.9 Å². The zero-order valence-electron chi connectivity index (χ0n) is 12.9. The zero-order chi connectivity index (χ0) is 16.2. The normalized spacial score (nSPS) is 11.5. The highest BCUT2D eigenvalue weighted by Gasteiger charge is 2.11. The molecule has 1 atom stereocenters. The number of carbonyl (C=O) groups is 1. The molecule has 1 aromatic carbocycles. The summed E-state index contributed by atoms with van der Waals surface area (Å²) in [6, 6.07) is 9.76. The van der Waals surface area contributed by atoms with Gasteiger partial charge in [0, 0.05) is 18.1 Å². The molecule has 118 valence electrons. The first-order chi connectivity index (χ1) is 10.7. The standard InChI is InChI=1S/C17H22N2O2S/c1-3-4-10-21-14(2)17(20)19-9-11-22-13-16-8-6-5-7-15(16)12-18/h3,5-8,14H,1,4,9-11,13H2,2H3,(H,19,20)/t14-/m0/s1. The maximum Gasteiger partial charge on any atom is 0.248 e. The van der Waals surface area contributed by atoms with E-state index in [0.717, 1.165) is 23.5 Å². The van der Waals surface area contributed by atoms with Crippen LogP contribution >= 0.6 is 11.8 Å². The van der Waals surface area contributed by atoms with E-state index in [4.69, 9.17) is 10.00 Å². The quantitative estimate of drug-likeness (QED) is 0.532. The molecule has 0 radical (unpaired) electrons. The molecule has 0 saturated heterocycles. The molecule has 0 aliphatic carbocycles. The summed E-state index contributed by atoms with van der Waals surface area (Å²) in [6.07, 6.45) is 2.07. The molecule has 1 aromatic rings. The van der Waals surface area contributed by atoms with Gasteiger partial charge in [-0.15, -0.1) is 6.58 Å². The van der Waals surface area contributed by atoms with E-state index in [0.29, 0.717) is 18.7 Å². The molecular weight excluding hydrogens is 296 g/mol. The van der Waals surface area contributed by atoms with Crippen molar-refractivity contribution in [3.05, 3.63) is 48.0 Å². The van der Waals surface area contributed by atoms with Gasteiger partial charge in [0.25, 0.3) is 0 Å². The Morgan fingerprint density at radius 3 is 3.05 bits per heavy atom. The Kier molecular flexibility index (Phi) is 9.04. The second kappa shape index (κ2) is 10.9. The summed E-state index contributed by atoms with van der Waals surface area (Å²) in [7, 11) is 0. The lowest BCUT2D eigenvalue weighted by Gasteiger charge is -2.12. The fourth-order valence-corrected chi connectivity index (χ4v) is 2.59. The van der Waals surface area contributed by atoms with Gasteiger partial charge in [-0.05, 0) is 25.0 Å². The van der Waals surface area contributed by atoms with E-state index >= 15 is 0 Å². The molecule has 22 heavy (non-hydrogen) atoms. The minimum atomic E-state index is -0.440. The van der Waals surface area contributed by atoms with Crippen LogP contribution in [0.2, 0.25) is 0 Å². The van der Waals surface area contributed by atoms with Gasteiger partial charge in [0.05, 0.1) is 18.2 Å². The summed E-state index contributed by atoms with van der Waals surface area (Å²) in [5.74, 6) is 1.47. The molecule has 0 fully saturated rings. The second-order valence-corrected chi connectivity index (χ2v) is 5.81. The van der Waals surface area contributed by atoms with Crippen molar-refractivity contribution in [1.29, 1.82) is 5.26 Å². The molecule has 1 rings (SSSR count). The third-order valence-electron chi connectivity index (χ3n) is 3.00. The van der Waals surface area contributed by atoms with Gasteiger partial charge in [-0.1, -0.05) is 24.3 Å². The number of carbonyl (C=O) groups excluding carboxylic acids is 1. The molecule has 0 aliphatic heterocycles. The van der Waals surface area contributed by atoms with Gasteiger partial charge in [0.15, 0.2) is 0 Å². The van der Waals surface area contributed by atoms with Gasteiger partial charge in [-0.2, -0.15) is 17.0 Å². The Labute approximate surface area is 136 Å². The van der Waals surface area contributed by atoms with Crippen molar-refractivity contribution in [3.8, 4) is 6.07 Å². The summed E-state index contributed by atoms with van der Waals surface area (Å²) in [5, 5.41) is 11.9. The Hall–Kier alpha value is -1.77. The number of ether oxygens (including phenoxy) is 1. The van der Waals surface area contributed by atoms with E-state index in [-0.39, 0.29) is 5.91 Å². The second-order valence-electron chi connectivity index (χ2n) is 4.70. The SMILES string of the molecule is C=CCCO[C@@H](C)C(=O)NCCSCc1ccccc1C#N. The number of nitriles is 1. The van der Waals surface area contributed by atoms with Crippen molar-refractivity contribution in [2.24, 2.45) is 0 Å². The van der Waals surface area contributed by atoms with E-state index in [1.807, 2.05) is 24.3 Å². The lowest BCUT2D eigenvalue weighted by molar-refractivity contribution is -0.131. The van der Waals surface area contributed by atoms with Gasteiger partial charge >= 0.3 is 0 Å². The monoisotopic (exact) mass is 318 g/mol. The molecule has 0 unspecified atom stereocenters. The summed E-state index contributed by atoms with van der Waals surface area (Å²) < 4.78 is 5.37. The van der Waals surface area contributed by atoms with Crippen LogP contribution in [0.4, 0.5) is 0 Å². The van der Waals surface area contributed by atoms with Gasteiger partial charge in [0.2, 0.25) is 5.91 Å². The summed E-state index contributed by atoms with van der Waals surface area (Å²) in [4.78, 5) is 11.8. The van der Waals surface area contributed by atoms with E-state index in [1.165, 1.54) is 0 Å². The Balaban J connectivity index is 2.18. The van der Waals surface area contributed by atoms with Crippen LogP contribution in [0.1, 0.15) is 24.5 Å². The molecule has 0 spiro atoms. The maximum atomic E-state index is 11.8. The van der Waals surface area contributed by atoms with Crippen LogP contribution in [0.3, 0.4) is 0 Å². The highest BCUT2D eigenvalue weighted by Crippen LogP contribution is 2.15. The number of benzene rings is 1. The third-order valence-corrected chi connectivity index (χ3v) is 4.01. The first kappa shape index (κ1) is 18.3. The van der Waals surface area contributed by atoms with Crippen molar-refractivity contribution >= 4 is 17.7 Å². The van der Waals surface area contributed by atoms with Crippen LogP contribution in [-0.2, 0) is 15.3 Å². The number of hydrogen-bond donors (Lipinski definition) is 1. The number of nitrogens with one attached hydrogen (secondary N) is 1. The number of rotatable bonds is 10. The minimum Gasteiger partial charge on any atom is -0.368 e. The molecule has 4 nitrogen and oxygen atoms in total. The number of thioether (sulfide) groups is 1. The zero-order valence-corrected chi connectivity index (χ0v) is 13.7. The fourth-order valence-electron chi connectivity index (χ4n) is 1.73. The molecule has 5 heteroatoms. The molecule has 1 amide bonds. The lowest BCUT2D eigenvalue weighted by Crippen LogP contribution is -2.35. The maximum absolute atomic E-state index is 11.8. The van der Waals surface area contributed by atoms with E-state index in [9.17, 15) is 4.79 Å². The van der Waals surface area contributed by atoms with Crippen LogP contribution in [0.15, 0.2) is 36.9 Å². The van der Waals surface area contributed by atoms with E-state index in [1.54, 1.807) is 24.8 Å². The molecule has 0 saturated carbocycles. The predicted molar refractivity (Wildman–Crippen MR) is 90.6 cm³/mol. The van der Waals surface area contributed by atoms with Crippen LogP contribution in [0.25, 0.3) is 0 Å². The Bertz CT molecular complexity index is 526. The topological polar surface area (TPSA) is 62.1 Å². The summed E-state index contributed by atoms with van der Waals surface area (Å²) >= 11 is 1.69. The number of amides is 1. The number of nitrogens with zero attached hydrogens (tertiary/aromatic N) is 1. The summed E-state index contributed by atoms with van der Waals surface area (Å²) in [5.41, 5.74) is 1.74. The molecule has 0 aromatic heterocycles. The minimum absolute atomic E-state index is 0.0953. The summed E-state index contributed by atoms with van der Waals surface area (Å²) in [6.45, 7) is 6.45. The van der Waals surface area contributed by atoms with Crippen LogP contribution in [0.5, 0.6) is 0 Å². The van der Waals surface area contributed by atoms with Gasteiger partial charge in [0.1, 0.15) is 6.10 Å². The highest BCUT2D eigenvalue weighted by atomic mass is 32.2.